The standard InChI is InChI=1S/C9H8ClN7OS/c1-4-5(10)13-7-11-3-12-17(7)6(4)19-9-15-14-8(18)16(9)2/h3H,1-2H3,(H,14,18). The van der Waals surface area contributed by atoms with Crippen LogP contribution in [0.4, 0.5) is 0 Å². The van der Waals surface area contributed by atoms with Crippen LogP contribution in [0, 0.1) is 6.92 Å². The molecule has 0 bridgehead atoms. The zero-order valence-electron chi connectivity index (χ0n) is 9.96. The summed E-state index contributed by atoms with van der Waals surface area (Å²) in [5, 5.41) is 12.0. The quantitative estimate of drug-likeness (QED) is 0.698. The van der Waals surface area contributed by atoms with Crippen molar-refractivity contribution in [1.29, 1.82) is 0 Å². The molecular weight excluding hydrogens is 290 g/mol. The van der Waals surface area contributed by atoms with Crippen molar-refractivity contribution in [2.24, 2.45) is 7.05 Å². The van der Waals surface area contributed by atoms with Crippen LogP contribution in [0.2, 0.25) is 5.15 Å². The minimum atomic E-state index is -0.282. The first kappa shape index (κ1) is 12.2. The minimum Gasteiger partial charge on any atom is -0.273 e. The van der Waals surface area contributed by atoms with Gasteiger partial charge >= 0.3 is 5.69 Å². The maximum atomic E-state index is 11.4. The lowest BCUT2D eigenvalue weighted by Crippen LogP contribution is -2.13. The van der Waals surface area contributed by atoms with Crippen LogP contribution < -0.4 is 5.69 Å². The Bertz CT molecular complexity index is 820. The summed E-state index contributed by atoms with van der Waals surface area (Å²) < 4.78 is 2.96. The highest BCUT2D eigenvalue weighted by molar-refractivity contribution is 7.99. The fraction of sp³-hybridized carbons (Fsp3) is 0.222. The zero-order valence-corrected chi connectivity index (χ0v) is 11.5. The summed E-state index contributed by atoms with van der Waals surface area (Å²) in [4.78, 5) is 19.5. The molecule has 0 fully saturated rings. The summed E-state index contributed by atoms with van der Waals surface area (Å²) >= 11 is 7.33. The van der Waals surface area contributed by atoms with Crippen LogP contribution in [0.5, 0.6) is 0 Å². The molecule has 0 aliphatic carbocycles. The fourth-order valence-corrected chi connectivity index (χ4v) is 2.67. The Morgan fingerprint density at radius 1 is 1.47 bits per heavy atom. The summed E-state index contributed by atoms with van der Waals surface area (Å²) in [5.74, 6) is 0.402. The van der Waals surface area contributed by atoms with Crippen molar-refractivity contribution in [1.82, 2.24) is 34.3 Å². The SMILES string of the molecule is Cc1c(Cl)nc2ncnn2c1Sc1n[nH]c(=O)n1C. The first-order valence-corrected chi connectivity index (χ1v) is 6.42. The lowest BCUT2D eigenvalue weighted by molar-refractivity contribution is 0.757. The molecule has 0 aromatic carbocycles. The van der Waals surface area contributed by atoms with Gasteiger partial charge in [-0.1, -0.05) is 11.6 Å². The zero-order chi connectivity index (χ0) is 13.6. The highest BCUT2D eigenvalue weighted by Gasteiger charge is 2.16. The highest BCUT2D eigenvalue weighted by atomic mass is 35.5. The first-order chi connectivity index (χ1) is 9.08. The summed E-state index contributed by atoms with van der Waals surface area (Å²) in [7, 11) is 1.63. The van der Waals surface area contributed by atoms with E-state index in [9.17, 15) is 4.79 Å². The van der Waals surface area contributed by atoms with Gasteiger partial charge in [0.1, 0.15) is 16.5 Å². The van der Waals surface area contributed by atoms with Gasteiger partial charge in [0.25, 0.3) is 5.78 Å². The molecule has 19 heavy (non-hydrogen) atoms. The Morgan fingerprint density at radius 2 is 2.26 bits per heavy atom. The smallest absolute Gasteiger partial charge is 0.273 e. The van der Waals surface area contributed by atoms with Crippen LogP contribution in [0.25, 0.3) is 5.78 Å². The third-order valence-corrected chi connectivity index (χ3v) is 4.17. The third kappa shape index (κ3) is 1.90. The number of aromatic nitrogens is 7. The predicted molar refractivity (Wildman–Crippen MR) is 68.5 cm³/mol. The van der Waals surface area contributed by atoms with Crippen molar-refractivity contribution in [2.45, 2.75) is 17.1 Å². The Kier molecular flexibility index (Phi) is 2.79. The van der Waals surface area contributed by atoms with Crippen LogP contribution >= 0.6 is 23.4 Å². The van der Waals surface area contributed by atoms with E-state index < -0.39 is 0 Å². The van der Waals surface area contributed by atoms with E-state index in [1.165, 1.54) is 22.7 Å². The van der Waals surface area contributed by atoms with Crippen molar-refractivity contribution < 1.29 is 0 Å². The first-order valence-electron chi connectivity index (χ1n) is 5.23. The van der Waals surface area contributed by atoms with Gasteiger partial charge in [-0.2, -0.15) is 19.6 Å². The Balaban J connectivity index is 2.19. The van der Waals surface area contributed by atoms with E-state index >= 15 is 0 Å². The molecule has 98 valence electrons. The van der Waals surface area contributed by atoms with Crippen LogP contribution in [0.15, 0.2) is 21.3 Å². The van der Waals surface area contributed by atoms with E-state index in [1.807, 2.05) is 6.92 Å². The normalized spacial score (nSPS) is 11.3. The molecule has 0 atom stereocenters. The highest BCUT2D eigenvalue weighted by Crippen LogP contribution is 2.30. The molecule has 3 aromatic heterocycles. The molecule has 8 nitrogen and oxygen atoms in total. The van der Waals surface area contributed by atoms with E-state index in [-0.39, 0.29) is 5.69 Å². The van der Waals surface area contributed by atoms with Gasteiger partial charge in [-0.3, -0.25) is 4.57 Å². The van der Waals surface area contributed by atoms with Gasteiger partial charge in [-0.05, 0) is 18.7 Å². The van der Waals surface area contributed by atoms with Crippen molar-refractivity contribution >= 4 is 29.1 Å². The van der Waals surface area contributed by atoms with E-state index in [0.29, 0.717) is 16.1 Å². The molecule has 3 heterocycles. The van der Waals surface area contributed by atoms with Gasteiger partial charge < -0.3 is 0 Å². The molecule has 0 saturated carbocycles. The predicted octanol–water partition coefficient (Wildman–Crippen LogP) is 0.659. The van der Waals surface area contributed by atoms with Gasteiger partial charge in [0.15, 0.2) is 5.16 Å². The number of fused-ring (bicyclic) bond motifs is 1. The van der Waals surface area contributed by atoms with Crippen molar-refractivity contribution in [3.05, 3.63) is 27.5 Å². The number of rotatable bonds is 2. The minimum absolute atomic E-state index is 0.282. The maximum Gasteiger partial charge on any atom is 0.343 e. The summed E-state index contributed by atoms with van der Waals surface area (Å²) in [6, 6.07) is 0. The lowest BCUT2D eigenvalue weighted by Gasteiger charge is -2.07. The van der Waals surface area contributed by atoms with Gasteiger partial charge in [-0.15, -0.1) is 5.10 Å². The summed E-state index contributed by atoms with van der Waals surface area (Å²) in [6.45, 7) is 1.82. The van der Waals surface area contributed by atoms with Crippen LogP contribution in [0.3, 0.4) is 0 Å². The molecule has 0 saturated heterocycles. The second kappa shape index (κ2) is 4.35. The number of nitrogens with zero attached hydrogens (tertiary/aromatic N) is 6. The monoisotopic (exact) mass is 297 g/mol. The summed E-state index contributed by atoms with van der Waals surface area (Å²) in [6.07, 6.45) is 1.39. The third-order valence-electron chi connectivity index (χ3n) is 2.58. The van der Waals surface area contributed by atoms with Gasteiger partial charge in [0.2, 0.25) is 0 Å². The Hall–Kier alpha value is -1.87. The fourth-order valence-electron chi connectivity index (χ4n) is 1.50. The molecule has 0 unspecified atom stereocenters. The number of aromatic amines is 1. The number of hydrogen-bond acceptors (Lipinski definition) is 6. The number of hydrogen-bond donors (Lipinski definition) is 1. The van der Waals surface area contributed by atoms with Crippen LogP contribution in [-0.2, 0) is 7.05 Å². The topological polar surface area (TPSA) is 93.8 Å². The van der Waals surface area contributed by atoms with Gasteiger partial charge in [0.05, 0.1) is 0 Å². The number of nitrogens with one attached hydrogen (secondary N) is 1. The maximum absolute atomic E-state index is 11.4. The molecule has 0 aliphatic heterocycles. The van der Waals surface area contributed by atoms with E-state index in [1.54, 1.807) is 11.6 Å². The molecule has 0 amide bonds. The van der Waals surface area contributed by atoms with Crippen LogP contribution in [0.1, 0.15) is 5.56 Å². The molecule has 1 N–H and O–H groups in total. The molecule has 0 aliphatic rings. The molecule has 10 heteroatoms. The molecular formula is C9H8ClN7OS. The van der Waals surface area contributed by atoms with Crippen molar-refractivity contribution in [2.75, 3.05) is 0 Å². The number of halogens is 1. The van der Waals surface area contributed by atoms with E-state index in [2.05, 4.69) is 25.3 Å². The van der Waals surface area contributed by atoms with E-state index in [0.717, 1.165) is 10.6 Å². The molecule has 3 aromatic rings. The number of H-pyrrole nitrogens is 1. The Morgan fingerprint density at radius 3 is 2.95 bits per heavy atom. The molecule has 0 spiro atoms. The van der Waals surface area contributed by atoms with Crippen molar-refractivity contribution in [3.8, 4) is 0 Å². The largest absolute Gasteiger partial charge is 0.343 e. The van der Waals surface area contributed by atoms with Crippen LogP contribution in [-0.4, -0.2) is 34.3 Å². The average Bonchev–Trinajstić information content (AvgIpc) is 2.95. The lowest BCUT2D eigenvalue weighted by atomic mass is 10.4. The second-order valence-electron chi connectivity index (χ2n) is 3.78. The molecule has 0 radical (unpaired) electrons. The molecule has 3 rings (SSSR count). The van der Waals surface area contributed by atoms with Crippen molar-refractivity contribution in [3.63, 3.8) is 0 Å². The summed E-state index contributed by atoms with van der Waals surface area (Å²) in [5.41, 5.74) is 0.468. The van der Waals surface area contributed by atoms with E-state index in [4.69, 9.17) is 11.6 Å². The van der Waals surface area contributed by atoms with Gasteiger partial charge in [-0.25, -0.2) is 9.89 Å². The van der Waals surface area contributed by atoms with Gasteiger partial charge in [0, 0.05) is 12.6 Å². The average molecular weight is 298 g/mol. The second-order valence-corrected chi connectivity index (χ2v) is 5.09. The Labute approximate surface area is 115 Å².